The first-order chi connectivity index (χ1) is 12.2. The molecule has 0 atom stereocenters. The monoisotopic (exact) mass is 365 g/mol. The number of hydrogen-bond acceptors (Lipinski definition) is 4. The third-order valence-electron chi connectivity index (χ3n) is 3.72. The van der Waals surface area contributed by atoms with Gasteiger partial charge in [-0.3, -0.25) is 0 Å². The van der Waals surface area contributed by atoms with Gasteiger partial charge in [-0.15, -0.1) is 11.3 Å². The fraction of sp³-hybridized carbons (Fsp3) is 0.100. The number of hydrogen-bond donors (Lipinski definition) is 1. The second kappa shape index (κ2) is 7.98. The SMILES string of the molecule is CCc1ccc(-c2csc(/C(C#N)=C\Nc3cccc(Cl)c3)n2)cc1. The summed E-state index contributed by atoms with van der Waals surface area (Å²) in [6.07, 6.45) is 2.67. The number of rotatable bonds is 5. The van der Waals surface area contributed by atoms with Gasteiger partial charge >= 0.3 is 0 Å². The van der Waals surface area contributed by atoms with Crippen LogP contribution in [0.15, 0.2) is 60.1 Å². The van der Waals surface area contributed by atoms with Crippen LogP contribution in [-0.2, 0) is 6.42 Å². The maximum Gasteiger partial charge on any atom is 0.136 e. The molecule has 0 aliphatic heterocycles. The zero-order valence-corrected chi connectivity index (χ0v) is 15.2. The number of aromatic nitrogens is 1. The van der Waals surface area contributed by atoms with Crippen molar-refractivity contribution in [3.63, 3.8) is 0 Å². The van der Waals surface area contributed by atoms with Gasteiger partial charge in [0.25, 0.3) is 0 Å². The molecule has 0 aliphatic carbocycles. The van der Waals surface area contributed by atoms with Crippen molar-refractivity contribution in [3.8, 4) is 17.3 Å². The van der Waals surface area contributed by atoms with Crippen LogP contribution >= 0.6 is 22.9 Å². The van der Waals surface area contributed by atoms with Gasteiger partial charge in [0.2, 0.25) is 0 Å². The number of anilines is 1. The highest BCUT2D eigenvalue weighted by atomic mass is 35.5. The van der Waals surface area contributed by atoms with Crippen molar-refractivity contribution in [1.82, 2.24) is 4.98 Å². The van der Waals surface area contributed by atoms with Gasteiger partial charge in [0.05, 0.1) is 5.69 Å². The summed E-state index contributed by atoms with van der Waals surface area (Å²) >= 11 is 7.43. The zero-order valence-electron chi connectivity index (χ0n) is 13.7. The molecule has 3 aromatic rings. The van der Waals surface area contributed by atoms with Crippen LogP contribution in [0.3, 0.4) is 0 Å². The lowest BCUT2D eigenvalue weighted by Gasteiger charge is -2.02. The summed E-state index contributed by atoms with van der Waals surface area (Å²) in [6, 6.07) is 17.9. The number of thiazole rings is 1. The third kappa shape index (κ3) is 4.27. The minimum Gasteiger partial charge on any atom is -0.360 e. The standard InChI is InChI=1S/C20H16ClN3S/c1-2-14-6-8-15(9-7-14)19-13-25-20(24-19)16(11-22)12-23-18-5-3-4-17(21)10-18/h3-10,12-13,23H,2H2,1H3/b16-12-. The van der Waals surface area contributed by atoms with Gasteiger partial charge in [0.15, 0.2) is 0 Å². The Morgan fingerprint density at radius 3 is 2.76 bits per heavy atom. The molecule has 3 nitrogen and oxygen atoms in total. The lowest BCUT2D eigenvalue weighted by atomic mass is 10.1. The van der Waals surface area contributed by atoms with Crippen LogP contribution in [0.4, 0.5) is 5.69 Å². The van der Waals surface area contributed by atoms with Gasteiger partial charge < -0.3 is 5.32 Å². The average Bonchev–Trinajstić information content (AvgIpc) is 3.12. The maximum absolute atomic E-state index is 9.44. The fourth-order valence-electron chi connectivity index (χ4n) is 2.32. The molecule has 5 heteroatoms. The van der Waals surface area contributed by atoms with E-state index in [4.69, 9.17) is 11.6 Å². The first-order valence-electron chi connectivity index (χ1n) is 7.87. The third-order valence-corrected chi connectivity index (χ3v) is 4.83. The van der Waals surface area contributed by atoms with Crippen molar-refractivity contribution in [3.05, 3.63) is 75.7 Å². The van der Waals surface area contributed by atoms with Crippen LogP contribution in [0.25, 0.3) is 16.8 Å². The fourth-order valence-corrected chi connectivity index (χ4v) is 3.30. The lowest BCUT2D eigenvalue weighted by Crippen LogP contribution is -1.91. The van der Waals surface area contributed by atoms with E-state index < -0.39 is 0 Å². The Hall–Kier alpha value is -2.61. The minimum atomic E-state index is 0.487. The highest BCUT2D eigenvalue weighted by Crippen LogP contribution is 2.26. The van der Waals surface area contributed by atoms with Gasteiger partial charge in [-0.2, -0.15) is 5.26 Å². The van der Waals surface area contributed by atoms with E-state index in [2.05, 4.69) is 47.6 Å². The largest absolute Gasteiger partial charge is 0.360 e. The van der Waals surface area contributed by atoms with E-state index in [1.54, 1.807) is 18.3 Å². The van der Waals surface area contributed by atoms with Crippen molar-refractivity contribution in [2.75, 3.05) is 5.32 Å². The van der Waals surface area contributed by atoms with Crippen LogP contribution in [0.2, 0.25) is 5.02 Å². The van der Waals surface area contributed by atoms with Gasteiger partial charge in [-0.1, -0.05) is 48.9 Å². The summed E-state index contributed by atoms with van der Waals surface area (Å²) in [5.41, 5.74) is 4.54. The summed E-state index contributed by atoms with van der Waals surface area (Å²) in [6.45, 7) is 2.13. The molecule has 2 aromatic carbocycles. The maximum atomic E-state index is 9.44. The van der Waals surface area contributed by atoms with Crippen LogP contribution < -0.4 is 5.32 Å². The second-order valence-corrected chi connectivity index (χ2v) is 6.71. The normalized spacial score (nSPS) is 11.2. The molecule has 0 saturated carbocycles. The summed E-state index contributed by atoms with van der Waals surface area (Å²) in [5, 5.41) is 15.8. The molecular weight excluding hydrogens is 350 g/mol. The molecule has 25 heavy (non-hydrogen) atoms. The molecule has 0 radical (unpaired) electrons. The Morgan fingerprint density at radius 1 is 1.28 bits per heavy atom. The Balaban J connectivity index is 1.81. The van der Waals surface area contributed by atoms with Gasteiger partial charge in [0, 0.05) is 27.9 Å². The quantitative estimate of drug-likeness (QED) is 0.564. The number of nitrogens with one attached hydrogen (secondary N) is 1. The number of aryl methyl sites for hydroxylation is 1. The molecule has 0 fully saturated rings. The van der Waals surface area contributed by atoms with E-state index in [-0.39, 0.29) is 0 Å². The Morgan fingerprint density at radius 2 is 2.08 bits per heavy atom. The number of nitrogens with zero attached hydrogens (tertiary/aromatic N) is 2. The van der Waals surface area contributed by atoms with Crippen molar-refractivity contribution in [2.24, 2.45) is 0 Å². The van der Waals surface area contributed by atoms with E-state index in [1.807, 2.05) is 17.5 Å². The molecule has 1 heterocycles. The summed E-state index contributed by atoms with van der Waals surface area (Å²) in [4.78, 5) is 4.60. The zero-order chi connectivity index (χ0) is 17.6. The van der Waals surface area contributed by atoms with E-state index >= 15 is 0 Å². The molecule has 124 valence electrons. The van der Waals surface area contributed by atoms with Crippen molar-refractivity contribution in [2.45, 2.75) is 13.3 Å². The predicted octanol–water partition coefficient (Wildman–Crippen LogP) is 6.00. The first kappa shape index (κ1) is 17.2. The Labute approximate surface area is 156 Å². The van der Waals surface area contributed by atoms with Crippen molar-refractivity contribution >= 4 is 34.2 Å². The molecule has 0 saturated heterocycles. The van der Waals surface area contributed by atoms with E-state index in [1.165, 1.54) is 16.9 Å². The van der Waals surface area contributed by atoms with Gasteiger partial charge in [-0.25, -0.2) is 4.98 Å². The number of allylic oxidation sites excluding steroid dienone is 1. The smallest absolute Gasteiger partial charge is 0.136 e. The minimum absolute atomic E-state index is 0.487. The number of benzene rings is 2. The predicted molar refractivity (Wildman–Crippen MR) is 106 cm³/mol. The molecule has 1 aromatic heterocycles. The van der Waals surface area contributed by atoms with Gasteiger partial charge in [-0.05, 0) is 30.2 Å². The molecule has 0 bridgehead atoms. The lowest BCUT2D eigenvalue weighted by molar-refractivity contribution is 1.14. The van der Waals surface area contributed by atoms with E-state index in [0.29, 0.717) is 15.6 Å². The number of halogens is 1. The summed E-state index contributed by atoms with van der Waals surface area (Å²) in [5.74, 6) is 0. The Kier molecular flexibility index (Phi) is 5.49. The molecular formula is C20H16ClN3S. The van der Waals surface area contributed by atoms with E-state index in [9.17, 15) is 5.26 Å². The van der Waals surface area contributed by atoms with Crippen LogP contribution in [0.1, 0.15) is 17.5 Å². The van der Waals surface area contributed by atoms with Crippen molar-refractivity contribution < 1.29 is 0 Å². The number of nitriles is 1. The Bertz CT molecular complexity index is 936. The highest BCUT2D eigenvalue weighted by Gasteiger charge is 2.09. The molecule has 0 unspecified atom stereocenters. The summed E-state index contributed by atoms with van der Waals surface area (Å²) in [7, 11) is 0. The first-order valence-corrected chi connectivity index (χ1v) is 9.13. The topological polar surface area (TPSA) is 48.7 Å². The molecule has 0 aliphatic rings. The van der Waals surface area contributed by atoms with E-state index in [0.717, 1.165) is 23.4 Å². The van der Waals surface area contributed by atoms with Gasteiger partial charge in [0.1, 0.15) is 16.6 Å². The molecule has 3 rings (SSSR count). The highest BCUT2D eigenvalue weighted by molar-refractivity contribution is 7.11. The average molecular weight is 366 g/mol. The summed E-state index contributed by atoms with van der Waals surface area (Å²) < 4.78 is 0. The van der Waals surface area contributed by atoms with Crippen LogP contribution in [-0.4, -0.2) is 4.98 Å². The molecule has 0 spiro atoms. The van der Waals surface area contributed by atoms with Crippen LogP contribution in [0, 0.1) is 11.3 Å². The molecule has 0 amide bonds. The van der Waals surface area contributed by atoms with Crippen molar-refractivity contribution in [1.29, 1.82) is 5.26 Å². The molecule has 1 N–H and O–H groups in total. The second-order valence-electron chi connectivity index (χ2n) is 5.41. The van der Waals surface area contributed by atoms with Crippen LogP contribution in [0.5, 0.6) is 0 Å².